The summed E-state index contributed by atoms with van der Waals surface area (Å²) in [6, 6.07) is 1.43. The Balaban J connectivity index is 1.85. The third kappa shape index (κ3) is 3.93. The van der Waals surface area contributed by atoms with Crippen molar-refractivity contribution in [3.8, 4) is 0 Å². The van der Waals surface area contributed by atoms with Crippen molar-refractivity contribution >= 4 is 0 Å². The molecule has 0 aromatic rings. The highest BCUT2D eigenvalue weighted by Gasteiger charge is 2.32. The van der Waals surface area contributed by atoms with Gasteiger partial charge in [-0.3, -0.25) is 4.90 Å². The fourth-order valence-corrected chi connectivity index (χ4v) is 4.04. The third-order valence-corrected chi connectivity index (χ3v) is 5.54. The van der Waals surface area contributed by atoms with Crippen LogP contribution in [0.1, 0.15) is 45.4 Å². The molecular weight excluding hydrogens is 234 g/mol. The lowest BCUT2D eigenvalue weighted by Crippen LogP contribution is -2.52. The molecule has 0 amide bonds. The van der Waals surface area contributed by atoms with E-state index in [2.05, 4.69) is 30.8 Å². The molecule has 0 radical (unpaired) electrons. The lowest BCUT2D eigenvalue weighted by Gasteiger charge is -2.43. The van der Waals surface area contributed by atoms with Gasteiger partial charge in [-0.25, -0.2) is 0 Å². The lowest BCUT2D eigenvalue weighted by atomic mass is 9.78. The Morgan fingerprint density at radius 1 is 1.05 bits per heavy atom. The minimum atomic E-state index is 0.649. The molecule has 1 unspecified atom stereocenters. The smallest absolute Gasteiger partial charge is 0.0246 e. The Morgan fingerprint density at radius 2 is 1.63 bits per heavy atom. The van der Waals surface area contributed by atoms with E-state index >= 15 is 0 Å². The van der Waals surface area contributed by atoms with Crippen LogP contribution in [0.2, 0.25) is 0 Å². The SMILES string of the molecule is CC1CCC(C(CN)N2CCC(N(C)C)CC2)CC1. The molecular formula is C16H33N3. The lowest BCUT2D eigenvalue weighted by molar-refractivity contribution is 0.0664. The van der Waals surface area contributed by atoms with Crippen molar-refractivity contribution in [3.05, 3.63) is 0 Å². The van der Waals surface area contributed by atoms with E-state index < -0.39 is 0 Å². The first-order valence-electron chi connectivity index (χ1n) is 8.22. The second-order valence-corrected chi connectivity index (χ2v) is 7.05. The average molecular weight is 267 g/mol. The summed E-state index contributed by atoms with van der Waals surface area (Å²) in [6.07, 6.45) is 8.25. The van der Waals surface area contributed by atoms with Crippen LogP contribution in [0, 0.1) is 11.8 Å². The molecule has 2 rings (SSSR count). The van der Waals surface area contributed by atoms with E-state index in [1.54, 1.807) is 0 Å². The fraction of sp³-hybridized carbons (Fsp3) is 1.00. The summed E-state index contributed by atoms with van der Waals surface area (Å²) in [5.74, 6) is 1.80. The molecule has 112 valence electrons. The number of nitrogens with two attached hydrogens (primary N) is 1. The van der Waals surface area contributed by atoms with Crippen LogP contribution in [-0.2, 0) is 0 Å². The quantitative estimate of drug-likeness (QED) is 0.847. The van der Waals surface area contributed by atoms with Crippen molar-refractivity contribution in [2.45, 2.75) is 57.5 Å². The Morgan fingerprint density at radius 3 is 2.11 bits per heavy atom. The van der Waals surface area contributed by atoms with Gasteiger partial charge in [-0.2, -0.15) is 0 Å². The first-order valence-corrected chi connectivity index (χ1v) is 8.22. The molecule has 0 spiro atoms. The first-order chi connectivity index (χ1) is 9.11. The summed E-state index contributed by atoms with van der Waals surface area (Å²) in [5, 5.41) is 0. The van der Waals surface area contributed by atoms with Crippen molar-refractivity contribution in [2.24, 2.45) is 17.6 Å². The van der Waals surface area contributed by atoms with E-state index in [1.165, 1.54) is 51.6 Å². The van der Waals surface area contributed by atoms with Gasteiger partial charge >= 0.3 is 0 Å². The minimum absolute atomic E-state index is 0.649. The molecule has 2 N–H and O–H groups in total. The first kappa shape index (κ1) is 15.3. The molecule has 1 atom stereocenters. The number of hydrogen-bond donors (Lipinski definition) is 1. The number of nitrogens with zero attached hydrogens (tertiary/aromatic N) is 2. The van der Waals surface area contributed by atoms with Gasteiger partial charge in [-0.1, -0.05) is 19.8 Å². The van der Waals surface area contributed by atoms with Crippen molar-refractivity contribution in [1.29, 1.82) is 0 Å². The highest BCUT2D eigenvalue weighted by molar-refractivity contribution is 4.87. The van der Waals surface area contributed by atoms with Crippen molar-refractivity contribution in [3.63, 3.8) is 0 Å². The van der Waals surface area contributed by atoms with Crippen LogP contribution in [0.15, 0.2) is 0 Å². The molecule has 0 aromatic heterocycles. The molecule has 0 aromatic carbocycles. The predicted molar refractivity (Wildman–Crippen MR) is 82.2 cm³/mol. The van der Waals surface area contributed by atoms with Gasteiger partial charge in [0.15, 0.2) is 0 Å². The molecule has 19 heavy (non-hydrogen) atoms. The van der Waals surface area contributed by atoms with Crippen LogP contribution < -0.4 is 5.73 Å². The van der Waals surface area contributed by atoms with Crippen LogP contribution in [-0.4, -0.2) is 55.6 Å². The van der Waals surface area contributed by atoms with Crippen LogP contribution in [0.25, 0.3) is 0 Å². The fourth-order valence-electron chi connectivity index (χ4n) is 4.04. The summed E-state index contributed by atoms with van der Waals surface area (Å²) < 4.78 is 0. The van der Waals surface area contributed by atoms with Gasteiger partial charge in [0.25, 0.3) is 0 Å². The molecule has 2 fully saturated rings. The summed E-state index contributed by atoms with van der Waals surface area (Å²) in [4.78, 5) is 5.08. The monoisotopic (exact) mass is 267 g/mol. The van der Waals surface area contributed by atoms with Crippen LogP contribution in [0.3, 0.4) is 0 Å². The third-order valence-electron chi connectivity index (χ3n) is 5.54. The second kappa shape index (κ2) is 7.05. The van der Waals surface area contributed by atoms with E-state index in [4.69, 9.17) is 5.73 Å². The summed E-state index contributed by atoms with van der Waals surface area (Å²) in [5.41, 5.74) is 6.11. The molecule has 1 saturated heterocycles. The molecule has 1 heterocycles. The molecule has 2 aliphatic rings. The van der Waals surface area contributed by atoms with Crippen molar-refractivity contribution in [1.82, 2.24) is 9.80 Å². The van der Waals surface area contributed by atoms with Crippen LogP contribution >= 0.6 is 0 Å². The Hall–Kier alpha value is -0.120. The Labute approximate surface area is 119 Å². The average Bonchev–Trinajstić information content (AvgIpc) is 2.42. The molecule has 1 aliphatic heterocycles. The Kier molecular flexibility index (Phi) is 5.67. The van der Waals surface area contributed by atoms with E-state index in [0.717, 1.165) is 24.4 Å². The van der Waals surface area contributed by atoms with Gasteiger partial charge in [0.1, 0.15) is 0 Å². The number of likely N-dealkylation sites (tertiary alicyclic amines) is 1. The molecule has 3 heteroatoms. The van der Waals surface area contributed by atoms with Gasteiger partial charge in [0, 0.05) is 18.6 Å². The summed E-state index contributed by atoms with van der Waals surface area (Å²) in [6.45, 7) is 5.75. The van der Waals surface area contributed by atoms with Crippen molar-refractivity contribution < 1.29 is 0 Å². The van der Waals surface area contributed by atoms with Gasteiger partial charge in [-0.05, 0) is 64.7 Å². The van der Waals surface area contributed by atoms with Gasteiger partial charge in [0.2, 0.25) is 0 Å². The van der Waals surface area contributed by atoms with E-state index in [9.17, 15) is 0 Å². The normalized spacial score (nSPS) is 32.7. The van der Waals surface area contributed by atoms with E-state index in [1.807, 2.05) is 0 Å². The standard InChI is InChI=1S/C16H33N3/c1-13-4-6-14(7-5-13)16(12-17)19-10-8-15(9-11-19)18(2)3/h13-16H,4-12,17H2,1-3H3. The number of piperidine rings is 1. The number of rotatable bonds is 4. The second-order valence-electron chi connectivity index (χ2n) is 7.05. The zero-order valence-electron chi connectivity index (χ0n) is 13.1. The highest BCUT2D eigenvalue weighted by atomic mass is 15.2. The van der Waals surface area contributed by atoms with E-state index in [-0.39, 0.29) is 0 Å². The largest absolute Gasteiger partial charge is 0.329 e. The maximum Gasteiger partial charge on any atom is 0.0246 e. The van der Waals surface area contributed by atoms with Gasteiger partial charge in [-0.15, -0.1) is 0 Å². The molecule has 0 bridgehead atoms. The zero-order chi connectivity index (χ0) is 13.8. The van der Waals surface area contributed by atoms with Gasteiger partial charge in [0.05, 0.1) is 0 Å². The van der Waals surface area contributed by atoms with Crippen LogP contribution in [0.4, 0.5) is 0 Å². The molecule has 3 nitrogen and oxygen atoms in total. The number of hydrogen-bond acceptors (Lipinski definition) is 3. The zero-order valence-corrected chi connectivity index (χ0v) is 13.1. The summed E-state index contributed by atoms with van der Waals surface area (Å²) in [7, 11) is 4.42. The van der Waals surface area contributed by atoms with Crippen LogP contribution in [0.5, 0.6) is 0 Å². The van der Waals surface area contributed by atoms with Crippen molar-refractivity contribution in [2.75, 3.05) is 33.7 Å². The maximum atomic E-state index is 6.11. The predicted octanol–water partition coefficient (Wildman–Crippen LogP) is 2.17. The molecule has 1 aliphatic carbocycles. The summed E-state index contributed by atoms with van der Waals surface area (Å²) >= 11 is 0. The van der Waals surface area contributed by atoms with Gasteiger partial charge < -0.3 is 10.6 Å². The highest BCUT2D eigenvalue weighted by Crippen LogP contribution is 2.33. The molecule has 1 saturated carbocycles. The van der Waals surface area contributed by atoms with E-state index in [0.29, 0.717) is 6.04 Å². The Bertz CT molecular complexity index is 251. The maximum absolute atomic E-state index is 6.11. The topological polar surface area (TPSA) is 32.5 Å². The minimum Gasteiger partial charge on any atom is -0.329 e.